The molecule has 2 heterocycles. The molecular weight excluding hydrogens is 466 g/mol. The normalized spacial score (nSPS) is 10.9. The summed E-state index contributed by atoms with van der Waals surface area (Å²) < 4.78 is 5.88. The highest BCUT2D eigenvalue weighted by molar-refractivity contribution is 6.07. The molecule has 1 amide bonds. The van der Waals surface area contributed by atoms with Crippen molar-refractivity contribution < 1.29 is 9.53 Å². The number of aryl methyl sites for hydroxylation is 2. The maximum atomic E-state index is 13.3. The van der Waals surface area contributed by atoms with E-state index in [1.54, 1.807) is 12.1 Å². The third kappa shape index (κ3) is 5.21. The van der Waals surface area contributed by atoms with E-state index >= 15 is 0 Å². The molecule has 0 saturated carbocycles. The van der Waals surface area contributed by atoms with E-state index in [1.807, 2.05) is 80.6 Å². The molecular formula is C30H25N3O4. The van der Waals surface area contributed by atoms with E-state index in [2.05, 4.69) is 15.3 Å². The van der Waals surface area contributed by atoms with Crippen molar-refractivity contribution in [3.8, 4) is 22.6 Å². The minimum atomic E-state index is -0.345. The van der Waals surface area contributed by atoms with Crippen LogP contribution in [0.5, 0.6) is 11.5 Å². The van der Waals surface area contributed by atoms with Crippen molar-refractivity contribution in [1.82, 2.24) is 15.3 Å². The molecule has 0 aliphatic heterocycles. The molecule has 0 unspecified atom stereocenters. The summed E-state index contributed by atoms with van der Waals surface area (Å²) >= 11 is 0. The lowest BCUT2D eigenvalue weighted by Crippen LogP contribution is -2.28. The lowest BCUT2D eigenvalue weighted by atomic mass is 9.98. The van der Waals surface area contributed by atoms with Gasteiger partial charge in [0, 0.05) is 40.3 Å². The first-order valence-electron chi connectivity index (χ1n) is 11.9. The third-order valence-corrected chi connectivity index (χ3v) is 6.17. The smallest absolute Gasteiger partial charge is 0.253 e. The van der Waals surface area contributed by atoms with Crippen molar-refractivity contribution in [2.24, 2.45) is 0 Å². The van der Waals surface area contributed by atoms with Crippen LogP contribution in [0, 0.1) is 13.8 Å². The maximum absolute atomic E-state index is 13.3. The lowest BCUT2D eigenvalue weighted by Gasteiger charge is -2.13. The summed E-state index contributed by atoms with van der Waals surface area (Å²) in [4.78, 5) is 43.3. The summed E-state index contributed by atoms with van der Waals surface area (Å²) in [5.74, 6) is 1.07. The molecule has 0 aliphatic carbocycles. The Morgan fingerprint density at radius 1 is 0.811 bits per heavy atom. The van der Waals surface area contributed by atoms with E-state index < -0.39 is 0 Å². The number of pyridine rings is 2. The van der Waals surface area contributed by atoms with Crippen molar-refractivity contribution in [2.45, 2.75) is 20.4 Å². The zero-order valence-electron chi connectivity index (χ0n) is 20.4. The van der Waals surface area contributed by atoms with Gasteiger partial charge in [-0.15, -0.1) is 0 Å². The number of para-hydroxylation sites is 1. The fourth-order valence-electron chi connectivity index (χ4n) is 4.33. The van der Waals surface area contributed by atoms with E-state index in [4.69, 9.17) is 4.74 Å². The maximum Gasteiger partial charge on any atom is 0.253 e. The van der Waals surface area contributed by atoms with Crippen LogP contribution in [0.1, 0.15) is 27.2 Å². The second-order valence-electron chi connectivity index (χ2n) is 8.87. The molecule has 0 bridgehead atoms. The Labute approximate surface area is 212 Å². The van der Waals surface area contributed by atoms with Crippen LogP contribution >= 0.6 is 0 Å². The Kier molecular flexibility index (Phi) is 6.43. The van der Waals surface area contributed by atoms with Crippen molar-refractivity contribution in [3.05, 3.63) is 128 Å². The largest absolute Gasteiger partial charge is 0.457 e. The number of ether oxygens (including phenoxy) is 1. The number of hydrogen-bond donors (Lipinski definition) is 3. The molecule has 0 radical (unpaired) electrons. The molecule has 184 valence electrons. The number of nitrogens with one attached hydrogen (secondary N) is 3. The summed E-state index contributed by atoms with van der Waals surface area (Å²) in [5.41, 5.74) is 4.15. The molecule has 7 heteroatoms. The molecule has 0 fully saturated rings. The Balaban J connectivity index is 1.47. The predicted octanol–water partition coefficient (Wildman–Crippen LogP) is 5.22. The molecule has 3 N–H and O–H groups in total. The Morgan fingerprint density at radius 2 is 1.54 bits per heavy atom. The van der Waals surface area contributed by atoms with Crippen LogP contribution in [0.15, 0.2) is 94.5 Å². The van der Waals surface area contributed by atoms with Gasteiger partial charge >= 0.3 is 0 Å². The van der Waals surface area contributed by atoms with E-state index in [-0.39, 0.29) is 23.6 Å². The number of rotatable bonds is 6. The number of fused-ring (bicyclic) bond motifs is 1. The molecule has 0 spiro atoms. The van der Waals surface area contributed by atoms with Crippen molar-refractivity contribution in [1.29, 1.82) is 0 Å². The van der Waals surface area contributed by atoms with E-state index in [1.165, 1.54) is 6.07 Å². The van der Waals surface area contributed by atoms with Gasteiger partial charge in [0.15, 0.2) is 0 Å². The average Bonchev–Trinajstić information content (AvgIpc) is 2.88. The number of carbonyl (C=O) groups is 1. The minimum Gasteiger partial charge on any atom is -0.457 e. The molecule has 5 rings (SSSR count). The minimum absolute atomic E-state index is 0.0842. The van der Waals surface area contributed by atoms with Crippen molar-refractivity contribution in [3.63, 3.8) is 0 Å². The molecule has 0 aliphatic rings. The number of aromatic amines is 2. The molecule has 37 heavy (non-hydrogen) atoms. The highest BCUT2D eigenvalue weighted by Crippen LogP contribution is 2.29. The standard InChI is InChI=1S/C30H25N3O4/c1-18-14-19(2)32-30(36)26(18)17-31-29(35)25-15-21(16-27-24(25)12-13-28(34)33-27)20-8-10-23(11-9-20)37-22-6-4-3-5-7-22/h3-16H,17H2,1-2H3,(H,31,35)(H,32,36)(H,33,34). The number of hydrogen-bond acceptors (Lipinski definition) is 4. The first kappa shape index (κ1) is 23.8. The predicted molar refractivity (Wildman–Crippen MR) is 144 cm³/mol. The number of benzene rings is 3. The lowest BCUT2D eigenvalue weighted by molar-refractivity contribution is 0.0952. The van der Waals surface area contributed by atoms with Gasteiger partial charge in [-0.05, 0) is 79.1 Å². The van der Waals surface area contributed by atoms with Crippen LogP contribution in [-0.2, 0) is 6.54 Å². The summed E-state index contributed by atoms with van der Waals surface area (Å²) in [6.45, 7) is 3.74. The van der Waals surface area contributed by atoms with Gasteiger partial charge in [0.25, 0.3) is 11.5 Å². The molecule has 5 aromatic rings. The summed E-state index contributed by atoms with van der Waals surface area (Å²) in [5, 5.41) is 3.48. The quantitative estimate of drug-likeness (QED) is 0.303. The average molecular weight is 492 g/mol. The Hall–Kier alpha value is -4.91. The topological polar surface area (TPSA) is 104 Å². The summed E-state index contributed by atoms with van der Waals surface area (Å²) in [7, 11) is 0. The fourth-order valence-corrected chi connectivity index (χ4v) is 4.33. The second kappa shape index (κ2) is 9.99. The van der Waals surface area contributed by atoms with Gasteiger partial charge in [0.05, 0.1) is 0 Å². The number of H-pyrrole nitrogens is 2. The van der Waals surface area contributed by atoms with Gasteiger partial charge in [-0.2, -0.15) is 0 Å². The third-order valence-electron chi connectivity index (χ3n) is 6.17. The summed E-state index contributed by atoms with van der Waals surface area (Å²) in [6.07, 6.45) is 0. The molecule has 3 aromatic carbocycles. The Bertz CT molecular complexity index is 1720. The van der Waals surface area contributed by atoms with Crippen LogP contribution in [0.4, 0.5) is 0 Å². The molecule has 0 atom stereocenters. The van der Waals surface area contributed by atoms with Crippen LogP contribution in [-0.4, -0.2) is 15.9 Å². The van der Waals surface area contributed by atoms with Gasteiger partial charge in [-0.3, -0.25) is 14.4 Å². The zero-order chi connectivity index (χ0) is 25.9. The number of aromatic nitrogens is 2. The van der Waals surface area contributed by atoms with Crippen molar-refractivity contribution in [2.75, 3.05) is 0 Å². The monoisotopic (exact) mass is 491 g/mol. The van der Waals surface area contributed by atoms with Gasteiger partial charge in [0.2, 0.25) is 5.56 Å². The fraction of sp³-hybridized carbons (Fsp3) is 0.100. The van der Waals surface area contributed by atoms with Crippen LogP contribution < -0.4 is 21.2 Å². The highest BCUT2D eigenvalue weighted by atomic mass is 16.5. The first-order chi connectivity index (χ1) is 17.9. The number of carbonyl (C=O) groups excluding carboxylic acids is 1. The van der Waals surface area contributed by atoms with Crippen LogP contribution in [0.3, 0.4) is 0 Å². The van der Waals surface area contributed by atoms with E-state index in [0.717, 1.165) is 28.1 Å². The number of amides is 1. The van der Waals surface area contributed by atoms with Crippen LogP contribution in [0.2, 0.25) is 0 Å². The zero-order valence-corrected chi connectivity index (χ0v) is 20.4. The Morgan fingerprint density at radius 3 is 2.27 bits per heavy atom. The van der Waals surface area contributed by atoms with Gasteiger partial charge in [-0.25, -0.2) is 0 Å². The van der Waals surface area contributed by atoms with E-state index in [9.17, 15) is 14.4 Å². The first-order valence-corrected chi connectivity index (χ1v) is 11.9. The van der Waals surface area contributed by atoms with Gasteiger partial charge in [-0.1, -0.05) is 30.3 Å². The van der Waals surface area contributed by atoms with E-state index in [0.29, 0.717) is 27.8 Å². The molecule has 0 saturated heterocycles. The molecule has 2 aromatic heterocycles. The van der Waals surface area contributed by atoms with Gasteiger partial charge < -0.3 is 20.0 Å². The summed E-state index contributed by atoms with van der Waals surface area (Å²) in [6, 6.07) is 25.5. The highest BCUT2D eigenvalue weighted by Gasteiger charge is 2.15. The van der Waals surface area contributed by atoms with Crippen molar-refractivity contribution >= 4 is 16.8 Å². The SMILES string of the molecule is Cc1cc(C)c(CNC(=O)c2cc(-c3ccc(Oc4ccccc4)cc3)cc3[nH]c(=O)ccc23)c(=O)[nH]1. The van der Waals surface area contributed by atoms with Crippen LogP contribution in [0.25, 0.3) is 22.0 Å². The second-order valence-corrected chi connectivity index (χ2v) is 8.87. The van der Waals surface area contributed by atoms with Gasteiger partial charge in [0.1, 0.15) is 11.5 Å². The molecule has 7 nitrogen and oxygen atoms in total.